The van der Waals surface area contributed by atoms with Gasteiger partial charge >= 0.3 is 5.97 Å². The minimum atomic E-state index is -0.473. The number of carbonyl (C=O) groups is 2. The molecule has 0 saturated carbocycles. The Hall–Kier alpha value is -2.36. The van der Waals surface area contributed by atoms with Crippen LogP contribution in [0, 0.1) is 0 Å². The van der Waals surface area contributed by atoms with Crippen molar-refractivity contribution in [3.63, 3.8) is 0 Å². The van der Waals surface area contributed by atoms with Crippen LogP contribution in [0.25, 0.3) is 0 Å². The van der Waals surface area contributed by atoms with Crippen molar-refractivity contribution in [3.05, 3.63) is 54.8 Å². The molecule has 0 spiro atoms. The number of anilines is 1. The molecule has 0 heterocycles. The highest BCUT2D eigenvalue weighted by Gasteiger charge is 2.07. The summed E-state index contributed by atoms with van der Waals surface area (Å²) in [6.07, 6.45) is 1.17. The quantitative estimate of drug-likeness (QED) is 0.492. The third-order valence-corrected chi connectivity index (χ3v) is 1.84. The van der Waals surface area contributed by atoms with E-state index in [0.29, 0.717) is 17.0 Å². The average molecular weight is 231 g/mol. The molecular weight excluding hydrogens is 218 g/mol. The first-order valence-electron chi connectivity index (χ1n) is 4.94. The molecule has 0 saturated heterocycles. The first-order valence-corrected chi connectivity index (χ1v) is 4.94. The van der Waals surface area contributed by atoms with Crippen LogP contribution in [-0.2, 0) is 9.53 Å². The van der Waals surface area contributed by atoms with Crippen molar-refractivity contribution in [2.75, 3.05) is 5.32 Å². The maximum absolute atomic E-state index is 11.5. The van der Waals surface area contributed by atoms with Crippen LogP contribution < -0.4 is 5.32 Å². The Morgan fingerprint density at radius 2 is 1.88 bits per heavy atom. The molecule has 4 heteroatoms. The molecule has 0 atom stereocenters. The fourth-order valence-corrected chi connectivity index (χ4v) is 1.10. The Bertz CT molecular complexity index is 460. The number of benzene rings is 1. The molecule has 1 rings (SSSR count). The first-order chi connectivity index (χ1) is 8.02. The fourth-order valence-electron chi connectivity index (χ4n) is 1.10. The highest BCUT2D eigenvalue weighted by atomic mass is 16.5. The van der Waals surface area contributed by atoms with E-state index in [4.69, 9.17) is 4.74 Å². The number of allylic oxidation sites excluding steroid dienone is 1. The van der Waals surface area contributed by atoms with E-state index in [1.165, 1.54) is 6.08 Å². The van der Waals surface area contributed by atoms with Gasteiger partial charge in [-0.25, -0.2) is 4.79 Å². The molecule has 17 heavy (non-hydrogen) atoms. The molecule has 0 radical (unpaired) electrons. The number of carbonyl (C=O) groups excluding carboxylic acids is 2. The van der Waals surface area contributed by atoms with Gasteiger partial charge in [0.25, 0.3) is 0 Å². The zero-order chi connectivity index (χ0) is 12.8. The van der Waals surface area contributed by atoms with E-state index in [-0.39, 0.29) is 5.91 Å². The molecule has 1 amide bonds. The van der Waals surface area contributed by atoms with Gasteiger partial charge in [0, 0.05) is 5.69 Å². The van der Waals surface area contributed by atoms with Crippen LogP contribution in [0.5, 0.6) is 0 Å². The zero-order valence-electron chi connectivity index (χ0n) is 9.53. The number of amides is 1. The summed E-state index contributed by atoms with van der Waals surface area (Å²) in [5.74, 6) is -0.444. The van der Waals surface area contributed by atoms with Gasteiger partial charge in [-0.1, -0.05) is 13.2 Å². The summed E-state index contributed by atoms with van der Waals surface area (Å²) in [6.45, 7) is 8.41. The van der Waals surface area contributed by atoms with Gasteiger partial charge in [0.2, 0.25) is 5.91 Å². The Morgan fingerprint density at radius 1 is 1.29 bits per heavy atom. The summed E-state index contributed by atoms with van der Waals surface area (Å²) in [5, 5.41) is 2.57. The van der Waals surface area contributed by atoms with Crippen molar-refractivity contribution >= 4 is 17.6 Å². The maximum Gasteiger partial charge on any atom is 0.343 e. The summed E-state index contributed by atoms with van der Waals surface area (Å²) in [4.78, 5) is 22.5. The SMILES string of the molecule is C=CC(=O)Nc1ccc(C(=O)OC(=C)C)cc1. The third-order valence-electron chi connectivity index (χ3n) is 1.84. The van der Waals surface area contributed by atoms with Crippen LogP contribution in [0.15, 0.2) is 49.3 Å². The van der Waals surface area contributed by atoms with Gasteiger partial charge in [-0.15, -0.1) is 0 Å². The molecular formula is C13H13NO3. The van der Waals surface area contributed by atoms with E-state index in [1.54, 1.807) is 31.2 Å². The van der Waals surface area contributed by atoms with Crippen molar-refractivity contribution < 1.29 is 14.3 Å². The summed E-state index contributed by atoms with van der Waals surface area (Å²) < 4.78 is 4.84. The van der Waals surface area contributed by atoms with Crippen LogP contribution in [0.3, 0.4) is 0 Å². The van der Waals surface area contributed by atoms with Crippen LogP contribution >= 0.6 is 0 Å². The van der Waals surface area contributed by atoms with Gasteiger partial charge in [0.15, 0.2) is 0 Å². The average Bonchev–Trinajstić information content (AvgIpc) is 2.28. The zero-order valence-corrected chi connectivity index (χ0v) is 9.53. The minimum absolute atomic E-state index is 0.303. The number of hydrogen-bond donors (Lipinski definition) is 1. The van der Waals surface area contributed by atoms with Gasteiger partial charge in [0.05, 0.1) is 11.3 Å². The highest BCUT2D eigenvalue weighted by molar-refractivity contribution is 5.99. The minimum Gasteiger partial charge on any atom is -0.428 e. The second-order valence-corrected chi connectivity index (χ2v) is 3.36. The van der Waals surface area contributed by atoms with Crippen LogP contribution in [0.4, 0.5) is 5.69 Å². The lowest BCUT2D eigenvalue weighted by atomic mass is 10.2. The third kappa shape index (κ3) is 3.95. The van der Waals surface area contributed by atoms with Crippen molar-refractivity contribution in [2.24, 2.45) is 0 Å². The van der Waals surface area contributed by atoms with Gasteiger partial charge in [-0.05, 0) is 37.3 Å². The van der Waals surface area contributed by atoms with Gasteiger partial charge in [-0.2, -0.15) is 0 Å². The lowest BCUT2D eigenvalue weighted by Crippen LogP contribution is -2.08. The Morgan fingerprint density at radius 3 is 2.35 bits per heavy atom. The van der Waals surface area contributed by atoms with E-state index in [1.807, 2.05) is 0 Å². The van der Waals surface area contributed by atoms with E-state index < -0.39 is 5.97 Å². The molecule has 0 bridgehead atoms. The Balaban J connectivity index is 2.74. The fraction of sp³-hybridized carbons (Fsp3) is 0.0769. The van der Waals surface area contributed by atoms with Gasteiger partial charge < -0.3 is 10.1 Å². The summed E-state index contributed by atoms with van der Waals surface area (Å²) >= 11 is 0. The number of rotatable bonds is 4. The smallest absolute Gasteiger partial charge is 0.343 e. The lowest BCUT2D eigenvalue weighted by molar-refractivity contribution is -0.111. The topological polar surface area (TPSA) is 55.4 Å². The molecule has 0 aliphatic heterocycles. The molecule has 0 unspecified atom stereocenters. The maximum atomic E-state index is 11.5. The van der Waals surface area contributed by atoms with Crippen LogP contribution in [0.1, 0.15) is 17.3 Å². The summed E-state index contributed by atoms with van der Waals surface area (Å²) in [7, 11) is 0. The number of ether oxygens (including phenoxy) is 1. The molecule has 1 N–H and O–H groups in total. The van der Waals surface area contributed by atoms with Gasteiger partial charge in [-0.3, -0.25) is 4.79 Å². The first kappa shape index (κ1) is 12.7. The number of nitrogens with one attached hydrogen (secondary N) is 1. The molecule has 1 aromatic carbocycles. The highest BCUT2D eigenvalue weighted by Crippen LogP contribution is 2.11. The van der Waals surface area contributed by atoms with Crippen molar-refractivity contribution in [1.82, 2.24) is 0 Å². The van der Waals surface area contributed by atoms with E-state index in [2.05, 4.69) is 18.5 Å². The normalized spacial score (nSPS) is 9.24. The van der Waals surface area contributed by atoms with E-state index in [9.17, 15) is 9.59 Å². The van der Waals surface area contributed by atoms with E-state index in [0.717, 1.165) is 0 Å². The molecule has 0 aliphatic rings. The molecule has 0 aromatic heterocycles. The second kappa shape index (κ2) is 5.65. The largest absolute Gasteiger partial charge is 0.428 e. The van der Waals surface area contributed by atoms with Crippen molar-refractivity contribution in [2.45, 2.75) is 6.92 Å². The lowest BCUT2D eigenvalue weighted by Gasteiger charge is -2.05. The Kier molecular flexibility index (Phi) is 4.22. The standard InChI is InChI=1S/C13H13NO3/c1-4-12(15)14-11-7-5-10(6-8-11)13(16)17-9(2)3/h4-8H,1-2H2,3H3,(H,14,15). The summed E-state index contributed by atoms with van der Waals surface area (Å²) in [5.41, 5.74) is 0.978. The van der Waals surface area contributed by atoms with Crippen molar-refractivity contribution in [1.29, 1.82) is 0 Å². The second-order valence-electron chi connectivity index (χ2n) is 3.36. The number of esters is 1. The Labute approximate surface area is 99.6 Å². The summed E-state index contributed by atoms with van der Waals surface area (Å²) in [6, 6.07) is 6.33. The molecule has 1 aromatic rings. The van der Waals surface area contributed by atoms with Crippen LogP contribution in [0.2, 0.25) is 0 Å². The molecule has 4 nitrogen and oxygen atoms in total. The van der Waals surface area contributed by atoms with Crippen LogP contribution in [-0.4, -0.2) is 11.9 Å². The molecule has 88 valence electrons. The van der Waals surface area contributed by atoms with Gasteiger partial charge in [0.1, 0.15) is 0 Å². The molecule has 0 aliphatic carbocycles. The number of hydrogen-bond acceptors (Lipinski definition) is 3. The molecule has 0 fully saturated rings. The predicted molar refractivity (Wildman–Crippen MR) is 65.5 cm³/mol. The monoisotopic (exact) mass is 231 g/mol. The van der Waals surface area contributed by atoms with Crippen molar-refractivity contribution in [3.8, 4) is 0 Å². The predicted octanol–water partition coefficient (Wildman–Crippen LogP) is 2.50. The van der Waals surface area contributed by atoms with E-state index >= 15 is 0 Å².